The van der Waals surface area contributed by atoms with Gasteiger partial charge in [-0.05, 0) is 24.6 Å². The van der Waals surface area contributed by atoms with E-state index < -0.39 is 11.5 Å². The molecule has 116 valence electrons. The quantitative estimate of drug-likeness (QED) is 0.821. The molecule has 0 aliphatic heterocycles. The molecule has 2 heterocycles. The van der Waals surface area contributed by atoms with Crippen LogP contribution in [-0.2, 0) is 9.53 Å². The SMILES string of the molecule is CCCCC(=O)Nc1ccc2cc(C(=O)OC)c(=O)[nH]c2n1. The normalized spacial score (nSPS) is 10.5. The molecule has 7 heteroatoms. The highest BCUT2D eigenvalue weighted by Gasteiger charge is 2.13. The van der Waals surface area contributed by atoms with Gasteiger partial charge in [-0.3, -0.25) is 9.59 Å². The van der Waals surface area contributed by atoms with Gasteiger partial charge in [-0.15, -0.1) is 0 Å². The summed E-state index contributed by atoms with van der Waals surface area (Å²) in [6, 6.07) is 4.70. The van der Waals surface area contributed by atoms with E-state index in [0.29, 0.717) is 23.3 Å². The Labute approximate surface area is 126 Å². The van der Waals surface area contributed by atoms with Crippen molar-refractivity contribution in [2.24, 2.45) is 0 Å². The number of fused-ring (bicyclic) bond motifs is 1. The number of pyridine rings is 2. The molecule has 0 aromatic carbocycles. The third-order valence-electron chi connectivity index (χ3n) is 3.13. The molecule has 7 nitrogen and oxygen atoms in total. The minimum atomic E-state index is -0.708. The van der Waals surface area contributed by atoms with Crippen molar-refractivity contribution in [1.82, 2.24) is 9.97 Å². The zero-order chi connectivity index (χ0) is 16.1. The lowest BCUT2D eigenvalue weighted by Crippen LogP contribution is -2.19. The lowest BCUT2D eigenvalue weighted by molar-refractivity contribution is -0.116. The Morgan fingerprint density at radius 1 is 1.36 bits per heavy atom. The van der Waals surface area contributed by atoms with E-state index in [4.69, 9.17) is 0 Å². The number of anilines is 1. The Hall–Kier alpha value is -2.70. The molecule has 0 aliphatic rings. The second-order valence-electron chi connectivity index (χ2n) is 4.79. The zero-order valence-electron chi connectivity index (χ0n) is 12.4. The highest BCUT2D eigenvalue weighted by Crippen LogP contribution is 2.13. The molecule has 0 fully saturated rings. The standard InChI is InChI=1S/C15H17N3O4/c1-3-4-5-12(19)16-11-7-6-9-8-10(15(21)22-2)14(20)18-13(9)17-11/h6-8H,3-5H2,1-2H3,(H2,16,17,18,19,20). The molecule has 0 aliphatic carbocycles. The lowest BCUT2D eigenvalue weighted by Gasteiger charge is -2.06. The van der Waals surface area contributed by atoms with Crippen molar-refractivity contribution in [3.63, 3.8) is 0 Å². The summed E-state index contributed by atoms with van der Waals surface area (Å²) in [7, 11) is 1.21. The van der Waals surface area contributed by atoms with Crippen LogP contribution < -0.4 is 10.9 Å². The Bertz CT molecular complexity index is 767. The summed E-state index contributed by atoms with van der Waals surface area (Å²) >= 11 is 0. The van der Waals surface area contributed by atoms with Crippen molar-refractivity contribution in [3.8, 4) is 0 Å². The maximum atomic E-state index is 11.8. The predicted octanol–water partition coefficient (Wildman–Crippen LogP) is 1.84. The van der Waals surface area contributed by atoms with Crippen LogP contribution in [-0.4, -0.2) is 29.0 Å². The van der Waals surface area contributed by atoms with E-state index in [-0.39, 0.29) is 11.5 Å². The third-order valence-corrected chi connectivity index (χ3v) is 3.13. The fourth-order valence-electron chi connectivity index (χ4n) is 1.96. The van der Waals surface area contributed by atoms with Crippen molar-refractivity contribution < 1.29 is 14.3 Å². The fourth-order valence-corrected chi connectivity index (χ4v) is 1.96. The molecule has 0 unspecified atom stereocenters. The van der Waals surface area contributed by atoms with Gasteiger partial charge in [-0.25, -0.2) is 9.78 Å². The van der Waals surface area contributed by atoms with Crippen molar-refractivity contribution in [1.29, 1.82) is 0 Å². The predicted molar refractivity (Wildman–Crippen MR) is 81.9 cm³/mol. The highest BCUT2D eigenvalue weighted by atomic mass is 16.5. The van der Waals surface area contributed by atoms with Crippen molar-refractivity contribution in [2.75, 3.05) is 12.4 Å². The van der Waals surface area contributed by atoms with E-state index >= 15 is 0 Å². The number of nitrogens with zero attached hydrogens (tertiary/aromatic N) is 1. The molecule has 0 saturated heterocycles. The molecule has 2 N–H and O–H groups in total. The van der Waals surface area contributed by atoms with E-state index in [2.05, 4.69) is 20.0 Å². The van der Waals surface area contributed by atoms with Crippen LogP contribution in [0.4, 0.5) is 5.82 Å². The van der Waals surface area contributed by atoms with Gasteiger partial charge in [-0.2, -0.15) is 0 Å². The minimum Gasteiger partial charge on any atom is -0.465 e. The smallest absolute Gasteiger partial charge is 0.343 e. The van der Waals surface area contributed by atoms with Gasteiger partial charge in [0.2, 0.25) is 5.91 Å². The molecule has 0 saturated carbocycles. The topological polar surface area (TPSA) is 101 Å². The molecule has 0 bridgehead atoms. The Kier molecular flexibility index (Phi) is 4.88. The molecular formula is C15H17N3O4. The first kappa shape index (κ1) is 15.7. The molecular weight excluding hydrogens is 286 g/mol. The van der Waals surface area contributed by atoms with E-state index in [1.165, 1.54) is 13.2 Å². The third kappa shape index (κ3) is 3.49. The molecule has 0 radical (unpaired) electrons. The number of carbonyl (C=O) groups excluding carboxylic acids is 2. The molecule has 0 atom stereocenters. The molecule has 2 aromatic heterocycles. The Balaban J connectivity index is 2.30. The first-order valence-electron chi connectivity index (χ1n) is 6.97. The number of rotatable bonds is 5. The number of hydrogen-bond donors (Lipinski definition) is 2. The fraction of sp³-hybridized carbons (Fsp3) is 0.333. The van der Waals surface area contributed by atoms with Gasteiger partial charge in [0, 0.05) is 11.8 Å². The van der Waals surface area contributed by atoms with Gasteiger partial charge in [0.1, 0.15) is 17.0 Å². The van der Waals surface area contributed by atoms with Gasteiger partial charge in [-0.1, -0.05) is 13.3 Å². The molecule has 22 heavy (non-hydrogen) atoms. The number of H-pyrrole nitrogens is 1. The number of esters is 1. The van der Waals surface area contributed by atoms with Gasteiger partial charge >= 0.3 is 5.97 Å². The lowest BCUT2D eigenvalue weighted by atomic mass is 10.2. The van der Waals surface area contributed by atoms with Crippen LogP contribution in [0.25, 0.3) is 11.0 Å². The van der Waals surface area contributed by atoms with Crippen LogP contribution in [0, 0.1) is 0 Å². The second kappa shape index (κ2) is 6.84. The van der Waals surface area contributed by atoms with Crippen LogP contribution in [0.5, 0.6) is 0 Å². The van der Waals surface area contributed by atoms with Crippen LogP contribution in [0.15, 0.2) is 23.0 Å². The number of ether oxygens (including phenoxy) is 1. The Morgan fingerprint density at radius 3 is 2.82 bits per heavy atom. The highest BCUT2D eigenvalue weighted by molar-refractivity contribution is 5.94. The average Bonchev–Trinajstić information content (AvgIpc) is 2.51. The van der Waals surface area contributed by atoms with E-state index in [1.54, 1.807) is 12.1 Å². The number of aromatic nitrogens is 2. The maximum Gasteiger partial charge on any atom is 0.343 e. The number of unbranched alkanes of at least 4 members (excludes halogenated alkanes) is 1. The number of aromatic amines is 1. The number of hydrogen-bond acceptors (Lipinski definition) is 5. The van der Waals surface area contributed by atoms with Crippen molar-refractivity contribution >= 4 is 28.7 Å². The van der Waals surface area contributed by atoms with Gasteiger partial charge in [0.25, 0.3) is 5.56 Å². The van der Waals surface area contributed by atoms with Crippen molar-refractivity contribution in [3.05, 3.63) is 34.1 Å². The largest absolute Gasteiger partial charge is 0.465 e. The summed E-state index contributed by atoms with van der Waals surface area (Å²) in [5.74, 6) is -0.475. The van der Waals surface area contributed by atoms with Crippen LogP contribution >= 0.6 is 0 Å². The zero-order valence-corrected chi connectivity index (χ0v) is 12.4. The van der Waals surface area contributed by atoms with Crippen molar-refractivity contribution in [2.45, 2.75) is 26.2 Å². The summed E-state index contributed by atoms with van der Waals surface area (Å²) in [6.45, 7) is 2.01. The van der Waals surface area contributed by atoms with E-state index in [1.807, 2.05) is 6.92 Å². The number of nitrogens with one attached hydrogen (secondary N) is 2. The monoisotopic (exact) mass is 303 g/mol. The first-order valence-corrected chi connectivity index (χ1v) is 6.97. The van der Waals surface area contributed by atoms with E-state index in [9.17, 15) is 14.4 Å². The minimum absolute atomic E-state index is 0.0865. The average molecular weight is 303 g/mol. The van der Waals surface area contributed by atoms with Crippen LogP contribution in [0.1, 0.15) is 36.5 Å². The van der Waals surface area contributed by atoms with Crippen LogP contribution in [0.3, 0.4) is 0 Å². The van der Waals surface area contributed by atoms with Gasteiger partial charge < -0.3 is 15.0 Å². The molecule has 1 amide bonds. The second-order valence-corrected chi connectivity index (χ2v) is 4.79. The summed E-state index contributed by atoms with van der Waals surface area (Å²) < 4.78 is 4.54. The molecule has 2 rings (SSSR count). The summed E-state index contributed by atoms with van der Waals surface area (Å²) in [4.78, 5) is 41.7. The van der Waals surface area contributed by atoms with Gasteiger partial charge in [0.05, 0.1) is 7.11 Å². The summed E-state index contributed by atoms with van der Waals surface area (Å²) in [5, 5.41) is 3.25. The number of methoxy groups -OCH3 is 1. The maximum absolute atomic E-state index is 11.8. The van der Waals surface area contributed by atoms with Crippen LogP contribution in [0.2, 0.25) is 0 Å². The summed E-state index contributed by atoms with van der Waals surface area (Å²) in [5.41, 5.74) is -0.371. The number of carbonyl (C=O) groups is 2. The van der Waals surface area contributed by atoms with Gasteiger partial charge in [0.15, 0.2) is 0 Å². The molecule has 2 aromatic rings. The summed E-state index contributed by atoms with van der Waals surface area (Å²) in [6.07, 6.45) is 2.16. The first-order chi connectivity index (χ1) is 10.5. The molecule has 0 spiro atoms. The Morgan fingerprint density at radius 2 is 2.14 bits per heavy atom. The van der Waals surface area contributed by atoms with E-state index in [0.717, 1.165) is 12.8 Å². The number of amides is 1.